The molecule has 2 aliphatic rings. The molecule has 7 N–H and O–H groups in total. The number of carbonyl (C=O) groups is 2. The molecule has 0 saturated carbocycles. The van der Waals surface area contributed by atoms with Crippen molar-refractivity contribution in [2.24, 2.45) is 0 Å². The second-order valence-corrected chi connectivity index (χ2v) is 16.6. The number of ether oxygens (including phenoxy) is 3. The summed E-state index contributed by atoms with van der Waals surface area (Å²) in [6.45, 7) is 7.50. The van der Waals surface area contributed by atoms with Crippen molar-refractivity contribution in [3.05, 3.63) is 123 Å². The van der Waals surface area contributed by atoms with Gasteiger partial charge in [-0.15, -0.1) is 23.2 Å². The van der Waals surface area contributed by atoms with Crippen LogP contribution in [0.4, 0.5) is 35.3 Å². The zero-order valence-corrected chi connectivity index (χ0v) is 51.8. The van der Waals surface area contributed by atoms with E-state index in [9.17, 15) is 27.6 Å². The number of aromatic amines is 2. The Balaban J connectivity index is 0.00000113. The molecule has 6 heterocycles. The summed E-state index contributed by atoms with van der Waals surface area (Å²) in [4.78, 5) is 62.5. The number of nitrogens with zero attached hydrogens (tertiary/aromatic N) is 5. The maximum absolute atomic E-state index is 12.9. The zero-order chi connectivity index (χ0) is 48.9. The maximum Gasteiger partial charge on any atom is 0.490 e. The van der Waals surface area contributed by atoms with Gasteiger partial charge in [0.1, 0.15) is 16.6 Å². The van der Waals surface area contributed by atoms with Crippen LogP contribution in [0.25, 0.3) is 22.1 Å². The van der Waals surface area contributed by atoms with Gasteiger partial charge in [0.25, 0.3) is 0 Å². The van der Waals surface area contributed by atoms with E-state index >= 15 is 0 Å². The van der Waals surface area contributed by atoms with Crippen molar-refractivity contribution in [2.45, 2.75) is 78.7 Å². The molecular formula is C46H54Cl2F3N9O8W2Y2. The second kappa shape index (κ2) is 32.2. The molecule has 384 valence electrons. The van der Waals surface area contributed by atoms with Gasteiger partial charge >= 0.3 is 29.6 Å². The number of imidazole rings is 2. The van der Waals surface area contributed by atoms with E-state index in [4.69, 9.17) is 58.8 Å². The number of pyridine rings is 2. The molecule has 8 rings (SSSR count). The minimum Gasteiger partial charge on any atom is -0.477 e. The van der Waals surface area contributed by atoms with E-state index in [1.807, 2.05) is 69.3 Å². The van der Waals surface area contributed by atoms with Crippen molar-refractivity contribution in [3.63, 3.8) is 0 Å². The Labute approximate surface area is 502 Å². The first-order valence-electron chi connectivity index (χ1n) is 20.7. The Bertz CT molecular complexity index is 2880. The molecule has 0 saturated heterocycles. The van der Waals surface area contributed by atoms with Crippen LogP contribution in [-0.4, -0.2) is 83.1 Å². The number of allylic oxidation sites excluding steroid dienone is 1. The van der Waals surface area contributed by atoms with Crippen LogP contribution in [0, 0.1) is 0 Å². The number of benzene rings is 2. The summed E-state index contributed by atoms with van der Waals surface area (Å²) in [6, 6.07) is 19.3. The van der Waals surface area contributed by atoms with Crippen molar-refractivity contribution in [2.75, 3.05) is 41.5 Å². The van der Waals surface area contributed by atoms with Crippen molar-refractivity contribution < 1.29 is 150 Å². The number of H-pyrrole nitrogens is 2. The van der Waals surface area contributed by atoms with Crippen LogP contribution in [0.15, 0.2) is 94.6 Å². The molecule has 0 unspecified atom stereocenters. The first-order valence-corrected chi connectivity index (χ1v) is 21.8. The smallest absolute Gasteiger partial charge is 0.477 e. The van der Waals surface area contributed by atoms with Gasteiger partial charge in [-0.1, -0.05) is 68.1 Å². The van der Waals surface area contributed by atoms with Gasteiger partial charge in [-0.05, 0) is 75.3 Å². The normalized spacial score (nSPS) is 13.9. The number of aryl methyl sites for hydroxylation is 1. The summed E-state index contributed by atoms with van der Waals surface area (Å²) in [5, 5.41) is 7.32. The second-order valence-electron chi connectivity index (χ2n) is 15.8. The van der Waals surface area contributed by atoms with Crippen molar-refractivity contribution in [1.29, 1.82) is 0 Å². The van der Waals surface area contributed by atoms with Gasteiger partial charge in [0.05, 0.1) is 42.7 Å². The number of nitrogen functional groups attached to an aromatic ring is 2. The van der Waals surface area contributed by atoms with Crippen LogP contribution in [0.5, 0.6) is 11.8 Å². The number of carboxylic acid groups (broad SMARTS) is 1. The Kier molecular flexibility index (Phi) is 30.7. The summed E-state index contributed by atoms with van der Waals surface area (Å²) in [5.41, 5.74) is 17.2. The van der Waals surface area contributed by atoms with Gasteiger partial charge in [-0.3, -0.25) is 14.0 Å². The number of aliphatic carboxylic acids is 1. The molecule has 2 aromatic carbocycles. The van der Waals surface area contributed by atoms with Crippen molar-refractivity contribution in [3.8, 4) is 11.8 Å². The number of hydrogen-bond donors (Lipinski definition) is 5. The average molecular weight is 1530 g/mol. The number of amides is 1. The van der Waals surface area contributed by atoms with Gasteiger partial charge in [-0.2, -0.15) is 23.1 Å². The van der Waals surface area contributed by atoms with E-state index in [-0.39, 0.29) is 150 Å². The van der Waals surface area contributed by atoms with E-state index in [0.717, 1.165) is 30.4 Å². The maximum atomic E-state index is 12.9. The minimum absolute atomic E-state index is 0. The number of aromatic nitrogens is 6. The standard InChI is InChI=1S/C23H27N5O4.C19H20N4O2.C2HF3O2.CH2Cl2.CH4.2W.2Y/c1-23(2,3)32-22(30)27-10-5-4-6-11-31-18-13-17-19(20(24)25-18)26-21(29)28(17)14-15-8-7-9-16(27)12-15;20-18-17-15-11-16(21-18)25-9-4-2-1-3-6-13-7-5-8-14(10-13)12-23(15)19(24)22-17;3-2(4,5)1(6)7;2-1-3;;;;;/h4-5,7-9,12-13H,6,10-11,14H2,1-3H3,(H2,24,25)(H,26,29);1-2,5,7-8,10-11H,3-4,6,9,12H2,(H2,20,21)(H,22,24);(H,6,7);1H2;1H4;;;;/b5-4+;2-1+;;;;;;;. The number of hydrogen-bond acceptors (Lipinski definition) is 11. The van der Waals surface area contributed by atoms with Crippen LogP contribution < -0.4 is 37.2 Å². The molecule has 26 heteroatoms. The molecule has 0 fully saturated rings. The average Bonchev–Trinajstić information content (AvgIpc) is 3.74. The Morgan fingerprint density at radius 1 is 0.750 bits per heavy atom. The molecule has 4 aromatic heterocycles. The zero-order valence-electron chi connectivity index (χ0n) is 38.7. The number of alkyl halides is 5. The van der Waals surface area contributed by atoms with Crippen LogP contribution in [-0.2, 0) is 137 Å². The molecule has 72 heavy (non-hydrogen) atoms. The van der Waals surface area contributed by atoms with Gasteiger partial charge in [-0.25, -0.2) is 19.2 Å². The van der Waals surface area contributed by atoms with Gasteiger partial charge in [0.15, 0.2) is 11.6 Å². The number of nitrogens with one attached hydrogen (secondary N) is 2. The van der Waals surface area contributed by atoms with Crippen LogP contribution in [0.1, 0.15) is 64.2 Å². The number of carboxylic acids is 1. The molecule has 1 amide bonds. The third kappa shape index (κ3) is 20.4. The van der Waals surface area contributed by atoms with E-state index < -0.39 is 23.8 Å². The molecule has 6 aromatic rings. The number of carbonyl (C=O) groups excluding carboxylic acids is 1. The van der Waals surface area contributed by atoms with E-state index in [2.05, 4.69) is 44.2 Å². The van der Waals surface area contributed by atoms with Gasteiger partial charge < -0.3 is 40.8 Å². The third-order valence-corrected chi connectivity index (χ3v) is 9.58. The number of anilines is 3. The molecule has 8 bridgehead atoms. The van der Waals surface area contributed by atoms with Gasteiger partial charge in [0, 0.05) is 132 Å². The molecular weight excluding hydrogens is 1480 g/mol. The van der Waals surface area contributed by atoms with E-state index in [0.29, 0.717) is 72.2 Å². The summed E-state index contributed by atoms with van der Waals surface area (Å²) < 4.78 is 52.1. The molecule has 0 spiro atoms. The summed E-state index contributed by atoms with van der Waals surface area (Å²) in [7, 11) is 0. The summed E-state index contributed by atoms with van der Waals surface area (Å²) in [6.07, 6.45) is 5.99. The van der Waals surface area contributed by atoms with Crippen LogP contribution in [0.2, 0.25) is 0 Å². The quantitative estimate of drug-likeness (QED) is 0.0709. The third-order valence-electron chi connectivity index (χ3n) is 9.58. The van der Waals surface area contributed by atoms with Crippen LogP contribution >= 0.6 is 23.2 Å². The first kappa shape index (κ1) is 68.7. The van der Waals surface area contributed by atoms with Gasteiger partial charge in [0.2, 0.25) is 11.8 Å². The molecule has 0 aliphatic carbocycles. The number of fused-ring (bicyclic) bond motifs is 6. The molecule has 2 aliphatic heterocycles. The van der Waals surface area contributed by atoms with Crippen molar-refractivity contribution in [1.82, 2.24) is 29.1 Å². The Morgan fingerprint density at radius 3 is 1.65 bits per heavy atom. The predicted molar refractivity (Wildman–Crippen MR) is 258 cm³/mol. The van der Waals surface area contributed by atoms with E-state index in [1.54, 1.807) is 26.2 Å². The first-order chi connectivity index (χ1) is 31.8. The predicted octanol–water partition coefficient (Wildman–Crippen LogP) is 8.74. The molecule has 17 nitrogen and oxygen atoms in total. The minimum atomic E-state index is -5.08. The SMILES string of the molecule is C.CC(C)(C)OC(=O)N1C/C=C/CCOc2cc3c([nH]c(=O)n3Cc3cccc1c3)c(N)n2.ClCCl.Nc1nc2cc3c1[nH]c(=O)n3Cc1cccc(c1)CC/C=C/CCO2.O=C(O)C(F)(F)F.[W].[W].[Y].[Y]. The fourth-order valence-corrected chi connectivity index (χ4v) is 6.69. The molecule has 0 atom stereocenters. The van der Waals surface area contributed by atoms with E-state index in [1.165, 1.54) is 5.56 Å². The fourth-order valence-electron chi connectivity index (χ4n) is 6.69. The Hall–Kier alpha value is -3.35. The van der Waals surface area contributed by atoms with Crippen molar-refractivity contribution >= 4 is 74.7 Å². The number of rotatable bonds is 0. The number of halogens is 5. The molecule has 2 radical (unpaired) electrons. The van der Waals surface area contributed by atoms with Crippen LogP contribution in [0.3, 0.4) is 0 Å². The largest absolute Gasteiger partial charge is 0.490 e. The summed E-state index contributed by atoms with van der Waals surface area (Å²) >= 11 is 9.53. The summed E-state index contributed by atoms with van der Waals surface area (Å²) in [5.74, 6) is -1.48. The topological polar surface area (TPSA) is 239 Å². The Morgan fingerprint density at radius 2 is 1.18 bits per heavy atom. The number of nitrogens with two attached hydrogens (primary N) is 2. The fraction of sp³-hybridized carbons (Fsp3) is 0.348. The monoisotopic (exact) mass is 1530 g/mol.